The van der Waals surface area contributed by atoms with E-state index in [1.807, 2.05) is 0 Å². The van der Waals surface area contributed by atoms with Crippen molar-refractivity contribution >= 4 is 39.0 Å². The number of nitrogens with one attached hydrogen (secondary N) is 3. The summed E-state index contributed by atoms with van der Waals surface area (Å²) in [6, 6.07) is 4.15. The summed E-state index contributed by atoms with van der Waals surface area (Å²) in [5.41, 5.74) is 0.725. The molecule has 0 radical (unpaired) electrons. The van der Waals surface area contributed by atoms with Crippen molar-refractivity contribution in [3.8, 4) is 0 Å². The zero-order valence-corrected chi connectivity index (χ0v) is 13.6. The van der Waals surface area contributed by atoms with E-state index in [0.29, 0.717) is 12.2 Å². The van der Waals surface area contributed by atoms with Crippen molar-refractivity contribution in [1.82, 2.24) is 5.32 Å². The van der Waals surface area contributed by atoms with E-state index >= 15 is 0 Å². The highest BCUT2D eigenvalue weighted by molar-refractivity contribution is 7.92. The molecule has 0 unspecified atom stereocenters. The molecule has 3 N–H and O–H groups in total. The van der Waals surface area contributed by atoms with Crippen LogP contribution in [0.2, 0.25) is 5.02 Å². The van der Waals surface area contributed by atoms with Crippen molar-refractivity contribution in [2.45, 2.75) is 18.9 Å². The second kappa shape index (κ2) is 7.17. The lowest BCUT2D eigenvalue weighted by atomic mass is 10.2. The Morgan fingerprint density at radius 2 is 2.23 bits per heavy atom. The third-order valence-electron chi connectivity index (χ3n) is 3.04. The van der Waals surface area contributed by atoms with Gasteiger partial charge in [0.2, 0.25) is 10.0 Å². The molecule has 2 rings (SSSR count). The van der Waals surface area contributed by atoms with Gasteiger partial charge in [0.15, 0.2) is 0 Å². The zero-order chi connectivity index (χ0) is 16.2. The number of amides is 2. The molecule has 122 valence electrons. The Morgan fingerprint density at radius 3 is 2.82 bits per heavy atom. The standard InChI is InChI=1S/C13H18ClN3O4S/c1-22(19,20)17-12-5-4-9(7-11(12)14)16-13(18)15-8-10-3-2-6-21-10/h4-5,7,10,17H,2-3,6,8H2,1H3,(H2,15,16,18)/t10-/m0/s1. The van der Waals surface area contributed by atoms with Gasteiger partial charge in [0.05, 0.1) is 23.1 Å². The lowest BCUT2D eigenvalue weighted by Crippen LogP contribution is -2.35. The van der Waals surface area contributed by atoms with Gasteiger partial charge >= 0.3 is 6.03 Å². The third-order valence-corrected chi connectivity index (χ3v) is 3.94. The fraction of sp³-hybridized carbons (Fsp3) is 0.462. The van der Waals surface area contributed by atoms with Crippen LogP contribution in [-0.2, 0) is 14.8 Å². The first-order chi connectivity index (χ1) is 10.3. The highest BCUT2D eigenvalue weighted by Crippen LogP contribution is 2.26. The summed E-state index contributed by atoms with van der Waals surface area (Å²) in [4.78, 5) is 11.8. The molecule has 0 aliphatic carbocycles. The number of hydrogen-bond acceptors (Lipinski definition) is 4. The predicted octanol–water partition coefficient (Wildman–Crippen LogP) is 2.01. The average Bonchev–Trinajstić information content (AvgIpc) is 2.91. The first-order valence-electron chi connectivity index (χ1n) is 6.77. The molecule has 1 aromatic carbocycles. The van der Waals surface area contributed by atoms with Crippen molar-refractivity contribution in [1.29, 1.82) is 0 Å². The first-order valence-corrected chi connectivity index (χ1v) is 9.04. The molecule has 0 aromatic heterocycles. The van der Waals surface area contributed by atoms with Gasteiger partial charge in [-0.1, -0.05) is 11.6 Å². The number of sulfonamides is 1. The number of halogens is 1. The highest BCUT2D eigenvalue weighted by Gasteiger charge is 2.16. The minimum atomic E-state index is -3.40. The van der Waals surface area contributed by atoms with Crippen LogP contribution in [0.5, 0.6) is 0 Å². The molecule has 0 bridgehead atoms. The molecule has 0 spiro atoms. The van der Waals surface area contributed by atoms with Crippen LogP contribution in [-0.4, -0.2) is 40.0 Å². The Bertz CT molecular complexity index is 645. The maximum Gasteiger partial charge on any atom is 0.319 e. The van der Waals surface area contributed by atoms with Gasteiger partial charge in [-0.15, -0.1) is 0 Å². The van der Waals surface area contributed by atoms with Crippen LogP contribution in [0.15, 0.2) is 18.2 Å². The van der Waals surface area contributed by atoms with Gasteiger partial charge in [-0.3, -0.25) is 4.72 Å². The van der Waals surface area contributed by atoms with Gasteiger partial charge < -0.3 is 15.4 Å². The van der Waals surface area contributed by atoms with Crippen LogP contribution in [0.3, 0.4) is 0 Å². The van der Waals surface area contributed by atoms with Gasteiger partial charge in [-0.2, -0.15) is 0 Å². The minimum absolute atomic E-state index is 0.0654. The Morgan fingerprint density at radius 1 is 1.45 bits per heavy atom. The molecular weight excluding hydrogens is 330 g/mol. The van der Waals surface area contributed by atoms with Gasteiger partial charge in [-0.25, -0.2) is 13.2 Å². The van der Waals surface area contributed by atoms with E-state index in [1.54, 1.807) is 6.07 Å². The van der Waals surface area contributed by atoms with E-state index in [2.05, 4.69) is 15.4 Å². The molecule has 0 saturated carbocycles. The Balaban J connectivity index is 1.89. The van der Waals surface area contributed by atoms with Gasteiger partial charge in [0.1, 0.15) is 0 Å². The van der Waals surface area contributed by atoms with E-state index in [-0.39, 0.29) is 22.8 Å². The lowest BCUT2D eigenvalue weighted by Gasteiger charge is -2.13. The second-order valence-corrected chi connectivity index (χ2v) is 7.19. The van der Waals surface area contributed by atoms with Crippen molar-refractivity contribution < 1.29 is 17.9 Å². The number of carbonyl (C=O) groups is 1. The van der Waals surface area contributed by atoms with Crippen LogP contribution in [0.25, 0.3) is 0 Å². The Hall–Kier alpha value is -1.51. The molecule has 1 saturated heterocycles. The largest absolute Gasteiger partial charge is 0.376 e. The number of rotatable bonds is 5. The van der Waals surface area contributed by atoms with E-state index in [0.717, 1.165) is 25.7 Å². The van der Waals surface area contributed by atoms with Crippen LogP contribution in [0.1, 0.15) is 12.8 Å². The molecule has 1 aliphatic rings. The summed E-state index contributed by atoms with van der Waals surface area (Å²) in [7, 11) is -3.40. The fourth-order valence-corrected chi connectivity index (χ4v) is 2.92. The maximum atomic E-state index is 11.8. The first kappa shape index (κ1) is 16.9. The monoisotopic (exact) mass is 347 g/mol. The quantitative estimate of drug-likeness (QED) is 0.759. The number of ether oxygens (including phenoxy) is 1. The van der Waals surface area contributed by atoms with Crippen molar-refractivity contribution in [2.75, 3.05) is 29.4 Å². The SMILES string of the molecule is CS(=O)(=O)Nc1ccc(NC(=O)NC[C@@H]2CCCO2)cc1Cl. The van der Waals surface area contributed by atoms with Gasteiger partial charge in [-0.05, 0) is 31.0 Å². The summed E-state index contributed by atoms with van der Waals surface area (Å²) in [6.45, 7) is 1.19. The topological polar surface area (TPSA) is 96.5 Å². The molecule has 9 heteroatoms. The number of anilines is 2. The van der Waals surface area contributed by atoms with Crippen LogP contribution in [0, 0.1) is 0 Å². The summed E-state index contributed by atoms with van der Waals surface area (Å²) in [6.07, 6.45) is 3.06. The summed E-state index contributed by atoms with van der Waals surface area (Å²) in [5.74, 6) is 0. The van der Waals surface area contributed by atoms with Crippen LogP contribution < -0.4 is 15.4 Å². The second-order valence-electron chi connectivity index (χ2n) is 5.04. The normalized spacial score (nSPS) is 18.0. The lowest BCUT2D eigenvalue weighted by molar-refractivity contribution is 0.112. The van der Waals surface area contributed by atoms with Gasteiger partial charge in [0, 0.05) is 18.8 Å². The van der Waals surface area contributed by atoms with Crippen LogP contribution >= 0.6 is 11.6 Å². The maximum absolute atomic E-state index is 11.8. The number of hydrogen-bond donors (Lipinski definition) is 3. The van der Waals surface area contributed by atoms with E-state index in [4.69, 9.17) is 16.3 Å². The molecule has 1 aliphatic heterocycles. The molecule has 22 heavy (non-hydrogen) atoms. The van der Waals surface area contributed by atoms with Crippen molar-refractivity contribution in [3.05, 3.63) is 23.2 Å². The fourth-order valence-electron chi connectivity index (χ4n) is 2.06. The molecule has 1 fully saturated rings. The van der Waals surface area contributed by atoms with Crippen molar-refractivity contribution in [3.63, 3.8) is 0 Å². The number of benzene rings is 1. The summed E-state index contributed by atoms with van der Waals surface area (Å²) in [5, 5.41) is 5.54. The molecule has 1 heterocycles. The van der Waals surface area contributed by atoms with Gasteiger partial charge in [0.25, 0.3) is 0 Å². The molecule has 2 amide bonds. The molecule has 1 aromatic rings. The summed E-state index contributed by atoms with van der Waals surface area (Å²) >= 11 is 5.98. The average molecular weight is 348 g/mol. The van der Waals surface area contributed by atoms with E-state index < -0.39 is 10.0 Å². The van der Waals surface area contributed by atoms with Crippen molar-refractivity contribution in [2.24, 2.45) is 0 Å². The number of carbonyl (C=O) groups excluding carboxylic acids is 1. The Kier molecular flexibility index (Phi) is 5.49. The van der Waals surface area contributed by atoms with E-state index in [9.17, 15) is 13.2 Å². The van der Waals surface area contributed by atoms with Crippen LogP contribution in [0.4, 0.5) is 16.2 Å². The minimum Gasteiger partial charge on any atom is -0.376 e. The summed E-state index contributed by atoms with van der Waals surface area (Å²) < 4.78 is 30.0. The highest BCUT2D eigenvalue weighted by atomic mass is 35.5. The smallest absolute Gasteiger partial charge is 0.319 e. The molecule has 1 atom stereocenters. The molecular formula is C13H18ClN3O4S. The van der Waals surface area contributed by atoms with E-state index in [1.165, 1.54) is 12.1 Å². The number of urea groups is 1. The Labute approximate surface area is 134 Å². The molecule has 7 nitrogen and oxygen atoms in total. The third kappa shape index (κ3) is 5.36. The predicted molar refractivity (Wildman–Crippen MR) is 85.9 cm³/mol. The zero-order valence-electron chi connectivity index (χ0n) is 12.1.